The van der Waals surface area contributed by atoms with Crippen molar-refractivity contribution in [2.24, 2.45) is 0 Å². The van der Waals surface area contributed by atoms with Crippen molar-refractivity contribution in [1.29, 1.82) is 0 Å². The van der Waals surface area contributed by atoms with Crippen LogP contribution < -0.4 is 10.1 Å². The van der Waals surface area contributed by atoms with Gasteiger partial charge in [-0.2, -0.15) is 4.31 Å². The van der Waals surface area contributed by atoms with E-state index in [9.17, 15) is 13.2 Å². The number of carbonyl (C=O) groups is 1. The molecule has 8 nitrogen and oxygen atoms in total. The molecule has 2 aliphatic heterocycles. The normalized spacial score (nSPS) is 18.3. The molecule has 0 saturated carbocycles. The number of piperazine rings is 1. The van der Waals surface area contributed by atoms with Gasteiger partial charge in [-0.25, -0.2) is 8.42 Å². The molecular weight excluding hydrogens is 440 g/mol. The van der Waals surface area contributed by atoms with Crippen molar-refractivity contribution in [3.63, 3.8) is 0 Å². The van der Waals surface area contributed by atoms with Crippen LogP contribution in [0.5, 0.6) is 5.75 Å². The van der Waals surface area contributed by atoms with Crippen LogP contribution in [0.1, 0.15) is 12.8 Å². The quantitative estimate of drug-likeness (QED) is 0.602. The van der Waals surface area contributed by atoms with Crippen LogP contribution in [0.3, 0.4) is 0 Å². The van der Waals surface area contributed by atoms with Crippen LogP contribution in [0, 0.1) is 0 Å². The van der Waals surface area contributed by atoms with Crippen molar-refractivity contribution in [3.05, 3.63) is 54.6 Å². The Morgan fingerprint density at radius 2 is 1.48 bits per heavy atom. The topological polar surface area (TPSA) is 82.2 Å². The smallest absolute Gasteiger partial charge is 0.243 e. The average Bonchev–Trinajstić information content (AvgIpc) is 3.37. The third-order valence-corrected chi connectivity index (χ3v) is 8.01. The average molecular weight is 473 g/mol. The van der Waals surface area contributed by atoms with Gasteiger partial charge in [0.05, 0.1) is 11.4 Å². The van der Waals surface area contributed by atoms with Crippen LogP contribution in [-0.2, 0) is 14.8 Å². The second-order valence-corrected chi connectivity index (χ2v) is 10.4. The van der Waals surface area contributed by atoms with Crippen LogP contribution in [0.2, 0.25) is 0 Å². The van der Waals surface area contributed by atoms with E-state index in [2.05, 4.69) is 15.1 Å². The van der Waals surface area contributed by atoms with E-state index in [1.807, 2.05) is 30.3 Å². The van der Waals surface area contributed by atoms with E-state index in [0.29, 0.717) is 31.9 Å². The summed E-state index contributed by atoms with van der Waals surface area (Å²) in [6.45, 7) is 6.43. The minimum Gasteiger partial charge on any atom is -0.492 e. The first kappa shape index (κ1) is 23.7. The highest BCUT2D eigenvalue weighted by Gasteiger charge is 2.27. The lowest BCUT2D eigenvalue weighted by Crippen LogP contribution is -2.49. The fourth-order valence-corrected chi connectivity index (χ4v) is 5.69. The predicted octanol–water partition coefficient (Wildman–Crippen LogP) is 2.11. The maximum Gasteiger partial charge on any atom is 0.243 e. The summed E-state index contributed by atoms with van der Waals surface area (Å²) in [7, 11) is -3.44. The molecule has 0 atom stereocenters. The van der Waals surface area contributed by atoms with Gasteiger partial charge in [-0.3, -0.25) is 14.6 Å². The molecule has 4 rings (SSSR count). The molecule has 178 valence electrons. The van der Waals surface area contributed by atoms with Crippen molar-refractivity contribution in [2.45, 2.75) is 17.7 Å². The number of sulfonamides is 1. The van der Waals surface area contributed by atoms with Gasteiger partial charge in [0.2, 0.25) is 15.9 Å². The molecule has 1 amide bonds. The molecule has 33 heavy (non-hydrogen) atoms. The molecule has 9 heteroatoms. The van der Waals surface area contributed by atoms with E-state index in [-0.39, 0.29) is 10.8 Å². The van der Waals surface area contributed by atoms with Crippen LogP contribution in [0.4, 0.5) is 5.69 Å². The first-order valence-electron chi connectivity index (χ1n) is 11.5. The highest BCUT2D eigenvalue weighted by atomic mass is 32.2. The Hall–Kier alpha value is -2.46. The number of nitrogens with zero attached hydrogens (tertiary/aromatic N) is 3. The number of ether oxygens (including phenoxy) is 1. The molecule has 2 fully saturated rings. The molecule has 2 heterocycles. The first-order valence-corrected chi connectivity index (χ1v) is 13.0. The zero-order valence-electron chi connectivity index (χ0n) is 18.9. The SMILES string of the molecule is O=C(CN1CCN(CCOc2ccccc2)CC1)Nc1ccc(S(=O)(=O)N2CCCC2)cc1. The molecule has 2 aromatic carbocycles. The van der Waals surface area contributed by atoms with Gasteiger partial charge in [0, 0.05) is 51.5 Å². The predicted molar refractivity (Wildman–Crippen MR) is 128 cm³/mol. The Labute approximate surface area is 196 Å². The number of nitrogens with one attached hydrogen (secondary N) is 1. The lowest BCUT2D eigenvalue weighted by atomic mass is 10.3. The van der Waals surface area contributed by atoms with E-state index < -0.39 is 10.0 Å². The fraction of sp³-hybridized carbons (Fsp3) is 0.458. The van der Waals surface area contributed by atoms with Gasteiger partial charge in [0.1, 0.15) is 12.4 Å². The minimum atomic E-state index is -3.44. The van der Waals surface area contributed by atoms with Crippen LogP contribution in [-0.4, -0.2) is 87.4 Å². The van der Waals surface area contributed by atoms with Crippen molar-refractivity contribution in [2.75, 3.05) is 64.3 Å². The number of anilines is 1. The lowest BCUT2D eigenvalue weighted by Gasteiger charge is -2.34. The van der Waals surface area contributed by atoms with Crippen molar-refractivity contribution in [1.82, 2.24) is 14.1 Å². The molecule has 0 unspecified atom stereocenters. The second-order valence-electron chi connectivity index (χ2n) is 8.46. The Morgan fingerprint density at radius 3 is 2.15 bits per heavy atom. The monoisotopic (exact) mass is 472 g/mol. The summed E-state index contributed by atoms with van der Waals surface area (Å²) in [6.07, 6.45) is 1.81. The summed E-state index contributed by atoms with van der Waals surface area (Å²) < 4.78 is 32.5. The number of rotatable bonds is 9. The molecular formula is C24H32N4O4S. The zero-order chi connectivity index (χ0) is 23.1. The number of para-hydroxylation sites is 1. The number of amides is 1. The summed E-state index contributed by atoms with van der Waals surface area (Å²) in [5.74, 6) is 0.792. The first-order chi connectivity index (χ1) is 16.0. The fourth-order valence-electron chi connectivity index (χ4n) is 4.17. The van der Waals surface area contributed by atoms with Crippen molar-refractivity contribution < 1.29 is 17.9 Å². The van der Waals surface area contributed by atoms with E-state index in [4.69, 9.17) is 4.74 Å². The highest BCUT2D eigenvalue weighted by Crippen LogP contribution is 2.22. The van der Waals surface area contributed by atoms with E-state index in [1.54, 1.807) is 24.3 Å². The highest BCUT2D eigenvalue weighted by molar-refractivity contribution is 7.89. The molecule has 0 aromatic heterocycles. The number of carbonyl (C=O) groups excluding carboxylic acids is 1. The Kier molecular flexibility index (Phi) is 7.97. The van der Waals surface area contributed by atoms with Gasteiger partial charge >= 0.3 is 0 Å². The third-order valence-electron chi connectivity index (χ3n) is 6.09. The van der Waals surface area contributed by atoms with E-state index in [1.165, 1.54) is 4.31 Å². The maximum absolute atomic E-state index is 12.6. The van der Waals surface area contributed by atoms with Crippen LogP contribution in [0.25, 0.3) is 0 Å². The summed E-state index contributed by atoms with van der Waals surface area (Å²) in [5, 5.41) is 2.88. The molecule has 1 N–H and O–H groups in total. The number of hydrogen-bond donors (Lipinski definition) is 1. The Morgan fingerprint density at radius 1 is 0.848 bits per heavy atom. The molecule has 0 aliphatic carbocycles. The standard InChI is InChI=1S/C24H32N4O4S/c29-24(25-21-8-10-23(11-9-21)33(30,31)28-12-4-5-13-28)20-27-16-14-26(15-17-27)18-19-32-22-6-2-1-3-7-22/h1-3,6-11H,4-5,12-20H2,(H,25,29). The van der Waals surface area contributed by atoms with Gasteiger partial charge in [0.15, 0.2) is 0 Å². The largest absolute Gasteiger partial charge is 0.492 e. The Bertz CT molecular complexity index is 1000. The van der Waals surface area contributed by atoms with Crippen molar-refractivity contribution >= 4 is 21.6 Å². The zero-order valence-corrected chi connectivity index (χ0v) is 19.7. The number of benzene rings is 2. The molecule has 0 spiro atoms. The molecule has 2 aromatic rings. The molecule has 2 saturated heterocycles. The van der Waals surface area contributed by atoms with Gasteiger partial charge in [-0.1, -0.05) is 18.2 Å². The second kappa shape index (κ2) is 11.1. The van der Waals surface area contributed by atoms with Gasteiger partial charge in [-0.05, 0) is 49.2 Å². The number of hydrogen-bond acceptors (Lipinski definition) is 6. The van der Waals surface area contributed by atoms with Crippen LogP contribution in [0.15, 0.2) is 59.5 Å². The minimum absolute atomic E-state index is 0.0917. The summed E-state index contributed by atoms with van der Waals surface area (Å²) in [4.78, 5) is 17.2. The summed E-state index contributed by atoms with van der Waals surface area (Å²) >= 11 is 0. The third kappa shape index (κ3) is 6.54. The lowest BCUT2D eigenvalue weighted by molar-refractivity contribution is -0.117. The molecule has 0 bridgehead atoms. The summed E-state index contributed by atoms with van der Waals surface area (Å²) in [6, 6.07) is 16.3. The van der Waals surface area contributed by atoms with E-state index >= 15 is 0 Å². The Balaban J connectivity index is 1.17. The molecule has 0 radical (unpaired) electrons. The van der Waals surface area contributed by atoms with E-state index in [0.717, 1.165) is 51.3 Å². The van der Waals surface area contributed by atoms with Gasteiger partial charge < -0.3 is 10.1 Å². The summed E-state index contributed by atoms with van der Waals surface area (Å²) in [5.41, 5.74) is 0.608. The van der Waals surface area contributed by atoms with Crippen molar-refractivity contribution in [3.8, 4) is 5.75 Å². The van der Waals surface area contributed by atoms with Gasteiger partial charge in [0.25, 0.3) is 0 Å². The molecule has 2 aliphatic rings. The van der Waals surface area contributed by atoms with Crippen LogP contribution >= 0.6 is 0 Å². The maximum atomic E-state index is 12.6. The van der Waals surface area contributed by atoms with Gasteiger partial charge in [-0.15, -0.1) is 0 Å².